The number of halogens is 1. The molecule has 2 N–H and O–H groups in total. The van der Waals surface area contributed by atoms with Crippen LogP contribution in [0.4, 0.5) is 0 Å². The number of rotatable bonds is 6. The van der Waals surface area contributed by atoms with Crippen molar-refractivity contribution in [1.82, 2.24) is 15.1 Å². The second-order valence-corrected chi connectivity index (χ2v) is 6.06. The molecule has 6 nitrogen and oxygen atoms in total. The molecule has 2 rings (SSSR count). The van der Waals surface area contributed by atoms with Crippen molar-refractivity contribution in [3.05, 3.63) is 47.2 Å². The third-order valence-electron chi connectivity index (χ3n) is 3.20. The number of carboxylic acids is 1. The zero-order chi connectivity index (χ0) is 17.0. The van der Waals surface area contributed by atoms with E-state index in [0.29, 0.717) is 17.1 Å². The maximum Gasteiger partial charge on any atom is 0.326 e. The average molecular weight is 336 g/mol. The lowest BCUT2D eigenvalue weighted by molar-refractivity contribution is -0.139. The van der Waals surface area contributed by atoms with Crippen molar-refractivity contribution in [2.24, 2.45) is 5.92 Å². The van der Waals surface area contributed by atoms with E-state index in [4.69, 9.17) is 11.6 Å². The van der Waals surface area contributed by atoms with Gasteiger partial charge in [0.1, 0.15) is 6.04 Å². The van der Waals surface area contributed by atoms with Crippen LogP contribution in [0.5, 0.6) is 0 Å². The number of hydrogen-bond acceptors (Lipinski definition) is 3. The van der Waals surface area contributed by atoms with E-state index in [1.165, 1.54) is 10.7 Å². The van der Waals surface area contributed by atoms with Gasteiger partial charge in [-0.15, -0.1) is 0 Å². The molecule has 0 saturated heterocycles. The van der Waals surface area contributed by atoms with Crippen LogP contribution in [0, 0.1) is 5.92 Å². The van der Waals surface area contributed by atoms with Crippen LogP contribution in [0.3, 0.4) is 0 Å². The van der Waals surface area contributed by atoms with E-state index in [1.807, 2.05) is 13.8 Å². The fourth-order valence-electron chi connectivity index (χ4n) is 2.13. The Balaban J connectivity index is 2.13. The van der Waals surface area contributed by atoms with Gasteiger partial charge in [-0.3, -0.25) is 4.79 Å². The summed E-state index contributed by atoms with van der Waals surface area (Å²) in [4.78, 5) is 23.4. The molecule has 0 saturated carbocycles. The van der Waals surface area contributed by atoms with Crippen LogP contribution in [0.15, 0.2) is 36.5 Å². The highest BCUT2D eigenvalue weighted by Crippen LogP contribution is 2.14. The van der Waals surface area contributed by atoms with E-state index in [1.54, 1.807) is 30.5 Å². The summed E-state index contributed by atoms with van der Waals surface area (Å²) in [7, 11) is 0. The smallest absolute Gasteiger partial charge is 0.326 e. The van der Waals surface area contributed by atoms with Crippen molar-refractivity contribution in [3.8, 4) is 5.69 Å². The molecule has 0 spiro atoms. The van der Waals surface area contributed by atoms with Gasteiger partial charge in [-0.05, 0) is 36.6 Å². The molecule has 0 radical (unpaired) electrons. The Morgan fingerprint density at radius 3 is 2.70 bits per heavy atom. The molecule has 122 valence electrons. The summed E-state index contributed by atoms with van der Waals surface area (Å²) in [6.07, 6.45) is 1.98. The Kier molecular flexibility index (Phi) is 5.39. The maximum absolute atomic E-state index is 12.2. The molecule has 0 aliphatic heterocycles. The van der Waals surface area contributed by atoms with Gasteiger partial charge in [0.25, 0.3) is 5.91 Å². The first-order chi connectivity index (χ1) is 10.9. The number of amides is 1. The number of carboxylic acid groups (broad SMARTS) is 1. The van der Waals surface area contributed by atoms with Gasteiger partial charge in [-0.2, -0.15) is 5.10 Å². The molecular weight excluding hydrogens is 318 g/mol. The number of carbonyl (C=O) groups excluding carboxylic acids is 1. The molecule has 1 atom stereocenters. The lowest BCUT2D eigenvalue weighted by Gasteiger charge is -2.15. The summed E-state index contributed by atoms with van der Waals surface area (Å²) in [5.74, 6) is -1.42. The Bertz CT molecular complexity index is 712. The van der Waals surface area contributed by atoms with E-state index in [2.05, 4.69) is 10.4 Å². The molecule has 0 fully saturated rings. The zero-order valence-electron chi connectivity index (χ0n) is 12.9. The maximum atomic E-state index is 12.2. The molecule has 1 heterocycles. The summed E-state index contributed by atoms with van der Waals surface area (Å²) in [5, 5.41) is 16.4. The molecule has 1 amide bonds. The molecule has 0 unspecified atom stereocenters. The average Bonchev–Trinajstić information content (AvgIpc) is 2.95. The molecule has 2 aromatic rings. The third-order valence-corrected chi connectivity index (χ3v) is 3.44. The fourth-order valence-corrected chi connectivity index (χ4v) is 2.32. The first kappa shape index (κ1) is 17.0. The van der Waals surface area contributed by atoms with Gasteiger partial charge in [0, 0.05) is 11.2 Å². The topological polar surface area (TPSA) is 84.2 Å². The van der Waals surface area contributed by atoms with E-state index < -0.39 is 17.9 Å². The molecule has 0 bridgehead atoms. The minimum absolute atomic E-state index is 0.153. The van der Waals surface area contributed by atoms with Gasteiger partial charge in [0.15, 0.2) is 5.69 Å². The van der Waals surface area contributed by atoms with Crippen LogP contribution >= 0.6 is 11.6 Å². The van der Waals surface area contributed by atoms with Crippen LogP contribution in [0.2, 0.25) is 5.02 Å². The third kappa shape index (κ3) is 4.56. The van der Waals surface area contributed by atoms with Gasteiger partial charge in [0.2, 0.25) is 0 Å². The lowest BCUT2D eigenvalue weighted by atomic mass is 10.0. The van der Waals surface area contributed by atoms with Crippen molar-refractivity contribution in [2.45, 2.75) is 26.3 Å². The highest BCUT2D eigenvalue weighted by molar-refractivity contribution is 6.30. The minimum atomic E-state index is -1.05. The number of nitrogens with one attached hydrogen (secondary N) is 1. The standard InChI is InChI=1S/C16H18ClN3O3/c1-10(2)8-14(16(22)23)18-15(21)13-6-7-20(19-13)12-5-3-4-11(17)9-12/h3-7,9-10,14H,8H2,1-2H3,(H,18,21)(H,22,23)/t14-/m1/s1. The quantitative estimate of drug-likeness (QED) is 0.850. The van der Waals surface area contributed by atoms with Gasteiger partial charge in [-0.1, -0.05) is 31.5 Å². The summed E-state index contributed by atoms with van der Waals surface area (Å²) in [6, 6.07) is 7.64. The van der Waals surface area contributed by atoms with Gasteiger partial charge >= 0.3 is 5.97 Å². The van der Waals surface area contributed by atoms with Crippen LogP contribution in [-0.2, 0) is 4.79 Å². The Hall–Kier alpha value is -2.34. The number of aliphatic carboxylic acids is 1. The summed E-state index contributed by atoms with van der Waals surface area (Å²) in [5.41, 5.74) is 0.869. The molecule has 0 aliphatic carbocycles. The number of carbonyl (C=O) groups is 2. The summed E-state index contributed by atoms with van der Waals surface area (Å²) >= 11 is 5.93. The van der Waals surface area contributed by atoms with Gasteiger partial charge < -0.3 is 10.4 Å². The minimum Gasteiger partial charge on any atom is -0.480 e. The molecule has 23 heavy (non-hydrogen) atoms. The van der Waals surface area contributed by atoms with Crippen molar-refractivity contribution in [3.63, 3.8) is 0 Å². The largest absolute Gasteiger partial charge is 0.480 e. The molecule has 0 aliphatic rings. The summed E-state index contributed by atoms with van der Waals surface area (Å²) < 4.78 is 1.51. The van der Waals surface area contributed by atoms with E-state index in [-0.39, 0.29) is 11.6 Å². The highest BCUT2D eigenvalue weighted by Gasteiger charge is 2.22. The molecular formula is C16H18ClN3O3. The van der Waals surface area contributed by atoms with E-state index in [0.717, 1.165) is 0 Å². The van der Waals surface area contributed by atoms with Crippen molar-refractivity contribution in [2.75, 3.05) is 0 Å². The van der Waals surface area contributed by atoms with Crippen LogP contribution in [-0.4, -0.2) is 32.8 Å². The van der Waals surface area contributed by atoms with Crippen molar-refractivity contribution in [1.29, 1.82) is 0 Å². The fraction of sp³-hybridized carbons (Fsp3) is 0.312. The lowest BCUT2D eigenvalue weighted by Crippen LogP contribution is -2.41. The normalized spacial score (nSPS) is 12.2. The number of hydrogen-bond donors (Lipinski definition) is 2. The second-order valence-electron chi connectivity index (χ2n) is 5.62. The Morgan fingerprint density at radius 1 is 1.35 bits per heavy atom. The Labute approximate surface area is 139 Å². The predicted octanol–water partition coefficient (Wildman–Crippen LogP) is 2.75. The zero-order valence-corrected chi connectivity index (χ0v) is 13.6. The number of nitrogens with zero attached hydrogens (tertiary/aromatic N) is 2. The van der Waals surface area contributed by atoms with Gasteiger partial charge in [-0.25, -0.2) is 9.48 Å². The first-order valence-corrected chi connectivity index (χ1v) is 7.60. The van der Waals surface area contributed by atoms with E-state index in [9.17, 15) is 14.7 Å². The molecule has 7 heteroatoms. The SMILES string of the molecule is CC(C)C[C@@H](NC(=O)c1ccn(-c2cccc(Cl)c2)n1)C(=O)O. The molecule has 1 aromatic carbocycles. The molecule has 1 aromatic heterocycles. The van der Waals surface area contributed by atoms with Crippen molar-refractivity contribution < 1.29 is 14.7 Å². The van der Waals surface area contributed by atoms with Crippen LogP contribution < -0.4 is 5.32 Å². The van der Waals surface area contributed by atoms with E-state index >= 15 is 0 Å². The van der Waals surface area contributed by atoms with Crippen molar-refractivity contribution >= 4 is 23.5 Å². The number of aromatic nitrogens is 2. The van der Waals surface area contributed by atoms with Crippen LogP contribution in [0.25, 0.3) is 5.69 Å². The van der Waals surface area contributed by atoms with Gasteiger partial charge in [0.05, 0.1) is 5.69 Å². The Morgan fingerprint density at radius 2 is 2.09 bits per heavy atom. The summed E-state index contributed by atoms with van der Waals surface area (Å²) in [6.45, 7) is 3.80. The number of benzene rings is 1. The predicted molar refractivity (Wildman–Crippen MR) is 86.9 cm³/mol. The second kappa shape index (κ2) is 7.28. The van der Waals surface area contributed by atoms with Crippen LogP contribution in [0.1, 0.15) is 30.8 Å². The first-order valence-electron chi connectivity index (χ1n) is 7.22. The monoisotopic (exact) mass is 335 g/mol. The highest BCUT2D eigenvalue weighted by atomic mass is 35.5.